The van der Waals surface area contributed by atoms with E-state index in [-0.39, 0.29) is 18.1 Å². The molecule has 0 spiro atoms. The summed E-state index contributed by atoms with van der Waals surface area (Å²) in [6, 6.07) is 20.5. The van der Waals surface area contributed by atoms with Crippen molar-refractivity contribution in [3.8, 4) is 0 Å². The van der Waals surface area contributed by atoms with Crippen LogP contribution in [0.5, 0.6) is 0 Å². The Morgan fingerprint density at radius 2 is 1.58 bits per heavy atom. The summed E-state index contributed by atoms with van der Waals surface area (Å²) in [6.45, 7) is 0.179. The summed E-state index contributed by atoms with van der Waals surface area (Å²) in [4.78, 5) is 52.3. The standard InChI is InChI=1S/C27H23ClN4O5S/c1-37-26(36)19-9-13-21(14-10-19)29-23(33)15-22-25(35)31(16-17-5-3-2-4-6-17)27(38)32(22)30-24(34)18-7-11-20(28)12-8-18/h2-14,22H,15-16H2,1H3,(H,29,33)(H,30,34). The predicted octanol–water partition coefficient (Wildman–Crippen LogP) is 3.80. The molecule has 11 heteroatoms. The van der Waals surface area contributed by atoms with Crippen molar-refractivity contribution in [3.63, 3.8) is 0 Å². The second-order valence-electron chi connectivity index (χ2n) is 8.35. The molecule has 3 aromatic rings. The zero-order valence-electron chi connectivity index (χ0n) is 20.2. The number of hydrazine groups is 1. The number of nitrogens with one attached hydrogen (secondary N) is 2. The lowest BCUT2D eigenvalue weighted by Gasteiger charge is -2.24. The van der Waals surface area contributed by atoms with Crippen molar-refractivity contribution < 1.29 is 23.9 Å². The van der Waals surface area contributed by atoms with Gasteiger partial charge in [0.1, 0.15) is 6.04 Å². The van der Waals surface area contributed by atoms with Crippen molar-refractivity contribution in [1.29, 1.82) is 0 Å². The summed E-state index contributed by atoms with van der Waals surface area (Å²) in [5, 5.41) is 4.49. The second-order valence-corrected chi connectivity index (χ2v) is 9.15. The van der Waals surface area contributed by atoms with E-state index in [1.807, 2.05) is 30.3 Å². The number of carbonyl (C=O) groups excluding carboxylic acids is 4. The third-order valence-electron chi connectivity index (χ3n) is 5.78. The highest BCUT2D eigenvalue weighted by Crippen LogP contribution is 2.23. The zero-order valence-corrected chi connectivity index (χ0v) is 21.8. The molecule has 1 aliphatic rings. The third-order valence-corrected chi connectivity index (χ3v) is 6.45. The van der Waals surface area contributed by atoms with Gasteiger partial charge in [-0.05, 0) is 66.3 Å². The molecule has 1 unspecified atom stereocenters. The average molecular weight is 551 g/mol. The van der Waals surface area contributed by atoms with Crippen LogP contribution in [0.4, 0.5) is 5.69 Å². The molecule has 0 radical (unpaired) electrons. The van der Waals surface area contributed by atoms with Crippen LogP contribution in [0.3, 0.4) is 0 Å². The lowest BCUT2D eigenvalue weighted by Crippen LogP contribution is -2.49. The minimum atomic E-state index is -1.07. The van der Waals surface area contributed by atoms with Crippen molar-refractivity contribution in [3.05, 3.63) is 101 Å². The number of halogens is 1. The highest BCUT2D eigenvalue weighted by Gasteiger charge is 2.44. The first-order chi connectivity index (χ1) is 18.3. The van der Waals surface area contributed by atoms with E-state index in [1.54, 1.807) is 36.4 Å². The molecule has 3 amide bonds. The number of benzene rings is 3. The minimum Gasteiger partial charge on any atom is -0.465 e. The van der Waals surface area contributed by atoms with Gasteiger partial charge in [0.15, 0.2) is 5.11 Å². The van der Waals surface area contributed by atoms with Crippen LogP contribution >= 0.6 is 23.8 Å². The van der Waals surface area contributed by atoms with E-state index in [2.05, 4.69) is 15.5 Å². The number of nitrogens with zero attached hydrogens (tertiary/aromatic N) is 2. The Balaban J connectivity index is 1.52. The molecule has 38 heavy (non-hydrogen) atoms. The summed E-state index contributed by atoms with van der Waals surface area (Å²) in [5.74, 6) is -1.92. The van der Waals surface area contributed by atoms with Gasteiger partial charge in [-0.15, -0.1) is 0 Å². The molecule has 1 saturated heterocycles. The van der Waals surface area contributed by atoms with Gasteiger partial charge in [0.05, 0.1) is 25.6 Å². The van der Waals surface area contributed by atoms with Crippen LogP contribution in [0.25, 0.3) is 0 Å². The summed E-state index contributed by atoms with van der Waals surface area (Å²) < 4.78 is 4.67. The van der Waals surface area contributed by atoms with Crippen molar-refractivity contribution in [1.82, 2.24) is 15.3 Å². The fraction of sp³-hybridized carbons (Fsp3) is 0.148. The largest absolute Gasteiger partial charge is 0.465 e. The number of anilines is 1. The van der Waals surface area contributed by atoms with Crippen molar-refractivity contribution >= 4 is 58.3 Å². The average Bonchev–Trinajstić information content (AvgIpc) is 3.13. The van der Waals surface area contributed by atoms with Gasteiger partial charge in [0.25, 0.3) is 11.8 Å². The molecule has 0 bridgehead atoms. The molecule has 1 aliphatic heterocycles. The van der Waals surface area contributed by atoms with Gasteiger partial charge in [-0.3, -0.25) is 24.7 Å². The Kier molecular flexibility index (Phi) is 8.35. The maximum atomic E-state index is 13.4. The number of hydrogen-bond donors (Lipinski definition) is 2. The zero-order chi connectivity index (χ0) is 27.2. The molecule has 2 N–H and O–H groups in total. The van der Waals surface area contributed by atoms with E-state index in [4.69, 9.17) is 23.8 Å². The van der Waals surface area contributed by atoms with Crippen LogP contribution in [0.2, 0.25) is 5.02 Å². The maximum absolute atomic E-state index is 13.4. The molecule has 0 saturated carbocycles. The SMILES string of the molecule is COC(=O)c1ccc(NC(=O)CC2C(=O)N(Cc3ccccc3)C(=S)N2NC(=O)c2ccc(Cl)cc2)cc1. The second kappa shape index (κ2) is 11.8. The van der Waals surface area contributed by atoms with Gasteiger partial charge in [-0.2, -0.15) is 0 Å². The molecular weight excluding hydrogens is 528 g/mol. The summed E-state index contributed by atoms with van der Waals surface area (Å²) >= 11 is 11.5. The molecule has 1 heterocycles. The van der Waals surface area contributed by atoms with E-state index in [0.717, 1.165) is 5.56 Å². The normalized spacial score (nSPS) is 14.8. The molecule has 0 aromatic heterocycles. The van der Waals surface area contributed by atoms with E-state index in [1.165, 1.54) is 29.2 Å². The van der Waals surface area contributed by atoms with Gasteiger partial charge in [-0.25, -0.2) is 9.80 Å². The van der Waals surface area contributed by atoms with Gasteiger partial charge >= 0.3 is 5.97 Å². The van der Waals surface area contributed by atoms with Gasteiger partial charge in [0, 0.05) is 16.3 Å². The smallest absolute Gasteiger partial charge is 0.337 e. The number of thiocarbonyl (C=S) groups is 1. The molecule has 1 atom stereocenters. The fourth-order valence-electron chi connectivity index (χ4n) is 3.83. The Labute approximate surface area is 229 Å². The van der Waals surface area contributed by atoms with Crippen LogP contribution in [0, 0.1) is 0 Å². The van der Waals surface area contributed by atoms with Crippen LogP contribution in [0.15, 0.2) is 78.9 Å². The van der Waals surface area contributed by atoms with E-state index < -0.39 is 29.7 Å². The van der Waals surface area contributed by atoms with E-state index >= 15 is 0 Å². The number of carbonyl (C=O) groups is 4. The quantitative estimate of drug-likeness (QED) is 0.324. The highest BCUT2D eigenvalue weighted by atomic mass is 35.5. The van der Waals surface area contributed by atoms with Crippen molar-refractivity contribution in [2.75, 3.05) is 12.4 Å². The number of methoxy groups -OCH3 is 1. The lowest BCUT2D eigenvalue weighted by molar-refractivity contribution is -0.131. The monoisotopic (exact) mass is 550 g/mol. The van der Waals surface area contributed by atoms with Crippen molar-refractivity contribution in [2.45, 2.75) is 19.0 Å². The molecule has 0 aliphatic carbocycles. The third kappa shape index (κ3) is 6.16. The van der Waals surface area contributed by atoms with Crippen LogP contribution in [-0.2, 0) is 20.9 Å². The first-order valence-electron chi connectivity index (χ1n) is 11.5. The minimum absolute atomic E-state index is 0.0707. The van der Waals surface area contributed by atoms with E-state index in [9.17, 15) is 19.2 Å². The number of ether oxygens (including phenoxy) is 1. The van der Waals surface area contributed by atoms with E-state index in [0.29, 0.717) is 21.8 Å². The first kappa shape index (κ1) is 26.8. The van der Waals surface area contributed by atoms with Crippen LogP contribution in [0.1, 0.15) is 32.7 Å². The molecule has 194 valence electrons. The summed E-state index contributed by atoms with van der Waals surface area (Å²) in [7, 11) is 1.28. The Bertz CT molecular complexity index is 1370. The van der Waals surface area contributed by atoms with Crippen LogP contribution < -0.4 is 10.7 Å². The highest BCUT2D eigenvalue weighted by molar-refractivity contribution is 7.80. The van der Waals surface area contributed by atoms with Gasteiger partial charge < -0.3 is 10.1 Å². The van der Waals surface area contributed by atoms with Gasteiger partial charge in [0.2, 0.25) is 5.91 Å². The Morgan fingerprint density at radius 1 is 0.947 bits per heavy atom. The van der Waals surface area contributed by atoms with Crippen LogP contribution in [-0.4, -0.2) is 51.9 Å². The predicted molar refractivity (Wildman–Crippen MR) is 145 cm³/mol. The van der Waals surface area contributed by atoms with Gasteiger partial charge in [-0.1, -0.05) is 41.9 Å². The number of rotatable bonds is 8. The molecule has 1 fully saturated rings. The summed E-state index contributed by atoms with van der Waals surface area (Å²) in [6.07, 6.45) is -0.288. The Morgan fingerprint density at radius 3 is 2.21 bits per heavy atom. The lowest BCUT2D eigenvalue weighted by atomic mass is 10.1. The number of hydrogen-bond acceptors (Lipinski definition) is 6. The Hall–Kier alpha value is -4.28. The first-order valence-corrected chi connectivity index (χ1v) is 12.3. The molecular formula is C27H23ClN4O5S. The molecule has 3 aromatic carbocycles. The number of esters is 1. The topological polar surface area (TPSA) is 108 Å². The molecule has 9 nitrogen and oxygen atoms in total. The fourth-order valence-corrected chi connectivity index (χ4v) is 4.29. The maximum Gasteiger partial charge on any atom is 0.337 e. The molecule has 4 rings (SSSR count). The summed E-state index contributed by atoms with van der Waals surface area (Å²) in [5.41, 5.74) is 4.57. The number of amides is 3. The van der Waals surface area contributed by atoms with Crippen molar-refractivity contribution in [2.24, 2.45) is 0 Å².